The van der Waals surface area contributed by atoms with Crippen LogP contribution in [0.1, 0.15) is 5.56 Å². The Labute approximate surface area is 157 Å². The van der Waals surface area contributed by atoms with Crippen molar-refractivity contribution in [2.75, 3.05) is 12.4 Å². The van der Waals surface area contributed by atoms with Crippen molar-refractivity contribution >= 4 is 45.8 Å². The molecule has 130 valence electrons. The summed E-state index contributed by atoms with van der Waals surface area (Å²) in [6, 6.07) is 21.3. The van der Waals surface area contributed by atoms with Gasteiger partial charge in [0.15, 0.2) is 5.11 Å². The number of hydrogen-bond acceptors (Lipinski definition) is 3. The summed E-state index contributed by atoms with van der Waals surface area (Å²) >= 11 is 5.17. The minimum absolute atomic E-state index is 0.239. The Balaban J connectivity index is 1.62. The Morgan fingerprint density at radius 2 is 1.73 bits per heavy atom. The summed E-state index contributed by atoms with van der Waals surface area (Å²) in [5, 5.41) is 8.07. The predicted molar refractivity (Wildman–Crippen MR) is 110 cm³/mol. The number of hydrogen-bond donors (Lipinski definition) is 2. The highest BCUT2D eigenvalue weighted by molar-refractivity contribution is 7.80. The number of nitrogens with one attached hydrogen (secondary N) is 2. The van der Waals surface area contributed by atoms with Gasteiger partial charge in [-0.1, -0.05) is 42.5 Å². The summed E-state index contributed by atoms with van der Waals surface area (Å²) in [6.45, 7) is 0. The molecule has 0 fully saturated rings. The summed E-state index contributed by atoms with van der Waals surface area (Å²) in [6.07, 6.45) is 3.26. The fourth-order valence-corrected chi connectivity index (χ4v) is 2.77. The van der Waals surface area contributed by atoms with E-state index >= 15 is 0 Å². The summed E-state index contributed by atoms with van der Waals surface area (Å²) < 4.78 is 5.10. The molecule has 3 aromatic rings. The molecule has 0 atom stereocenters. The van der Waals surface area contributed by atoms with Gasteiger partial charge in [-0.3, -0.25) is 10.1 Å². The molecule has 0 radical (unpaired) electrons. The van der Waals surface area contributed by atoms with Crippen molar-refractivity contribution in [3.8, 4) is 5.75 Å². The van der Waals surface area contributed by atoms with Crippen LogP contribution in [-0.2, 0) is 4.79 Å². The normalized spacial score (nSPS) is 10.7. The number of benzene rings is 3. The van der Waals surface area contributed by atoms with E-state index in [9.17, 15) is 4.79 Å². The second kappa shape index (κ2) is 8.27. The Morgan fingerprint density at radius 1 is 1.00 bits per heavy atom. The van der Waals surface area contributed by atoms with Crippen molar-refractivity contribution < 1.29 is 9.53 Å². The summed E-state index contributed by atoms with van der Waals surface area (Å²) in [4.78, 5) is 12.1. The second-order valence-electron chi connectivity index (χ2n) is 5.57. The van der Waals surface area contributed by atoms with E-state index in [0.717, 1.165) is 27.8 Å². The summed E-state index contributed by atoms with van der Waals surface area (Å²) in [5.41, 5.74) is 1.75. The Kier molecular flexibility index (Phi) is 5.61. The lowest BCUT2D eigenvalue weighted by atomic mass is 10.0. The number of fused-ring (bicyclic) bond motifs is 1. The highest BCUT2D eigenvalue weighted by Crippen LogP contribution is 2.19. The highest BCUT2D eigenvalue weighted by atomic mass is 32.1. The van der Waals surface area contributed by atoms with Gasteiger partial charge in [-0.25, -0.2) is 0 Å². The molecule has 2 N–H and O–H groups in total. The molecule has 1 amide bonds. The maximum absolute atomic E-state index is 12.1. The minimum Gasteiger partial charge on any atom is -0.497 e. The van der Waals surface area contributed by atoms with E-state index in [1.165, 1.54) is 6.08 Å². The van der Waals surface area contributed by atoms with Crippen LogP contribution < -0.4 is 15.4 Å². The molecule has 0 saturated carbocycles. The molecule has 3 aromatic carbocycles. The minimum atomic E-state index is -0.288. The molecule has 5 heteroatoms. The maximum atomic E-state index is 12.1. The van der Waals surface area contributed by atoms with Crippen LogP contribution in [0.3, 0.4) is 0 Å². The SMILES string of the molecule is COc1ccc(NC(=S)NC(=O)C=Cc2cccc3ccccc23)cc1. The van der Waals surface area contributed by atoms with Crippen molar-refractivity contribution in [2.24, 2.45) is 0 Å². The van der Waals surface area contributed by atoms with Gasteiger partial charge in [-0.15, -0.1) is 0 Å². The van der Waals surface area contributed by atoms with Gasteiger partial charge in [0.25, 0.3) is 0 Å². The molecule has 26 heavy (non-hydrogen) atoms. The number of ether oxygens (including phenoxy) is 1. The van der Waals surface area contributed by atoms with Crippen molar-refractivity contribution in [1.29, 1.82) is 0 Å². The van der Waals surface area contributed by atoms with Crippen LogP contribution in [0.2, 0.25) is 0 Å². The lowest BCUT2D eigenvalue weighted by molar-refractivity contribution is -0.115. The van der Waals surface area contributed by atoms with Gasteiger partial charge < -0.3 is 10.1 Å². The van der Waals surface area contributed by atoms with Crippen LogP contribution >= 0.6 is 12.2 Å². The first-order valence-electron chi connectivity index (χ1n) is 8.07. The zero-order valence-corrected chi connectivity index (χ0v) is 15.0. The molecule has 0 aromatic heterocycles. The molecule has 4 nitrogen and oxygen atoms in total. The summed E-state index contributed by atoms with van der Waals surface area (Å²) in [7, 11) is 1.61. The first kappa shape index (κ1) is 17.6. The van der Waals surface area contributed by atoms with Gasteiger partial charge in [0.2, 0.25) is 5.91 Å². The summed E-state index contributed by atoms with van der Waals surface area (Å²) in [5.74, 6) is 0.465. The molecule has 0 bridgehead atoms. The Hall–Kier alpha value is -3.18. The molecule has 3 rings (SSSR count). The first-order valence-corrected chi connectivity index (χ1v) is 8.48. The molecule has 0 spiro atoms. The fraction of sp³-hybridized carbons (Fsp3) is 0.0476. The lowest BCUT2D eigenvalue weighted by Gasteiger charge is -2.08. The standard InChI is InChI=1S/C21H18N2O2S/c1-25-18-12-10-17(11-13-18)22-21(26)23-20(24)14-9-16-7-4-6-15-5-2-3-8-19(15)16/h2-14H,1H3,(H2,22,23,24,26). The van der Waals surface area contributed by atoms with E-state index in [-0.39, 0.29) is 11.0 Å². The molecule has 0 heterocycles. The number of amides is 1. The van der Waals surface area contributed by atoms with Gasteiger partial charge in [-0.05, 0) is 58.9 Å². The van der Waals surface area contributed by atoms with Crippen LogP contribution in [0, 0.1) is 0 Å². The average molecular weight is 362 g/mol. The average Bonchev–Trinajstić information content (AvgIpc) is 2.67. The lowest BCUT2D eigenvalue weighted by Crippen LogP contribution is -2.32. The molecular formula is C21H18N2O2S. The van der Waals surface area contributed by atoms with Gasteiger partial charge >= 0.3 is 0 Å². The Morgan fingerprint density at radius 3 is 2.50 bits per heavy atom. The fourth-order valence-electron chi connectivity index (χ4n) is 2.55. The number of rotatable bonds is 4. The molecular weight excluding hydrogens is 344 g/mol. The van der Waals surface area contributed by atoms with Gasteiger partial charge in [0, 0.05) is 11.8 Å². The van der Waals surface area contributed by atoms with E-state index in [0.29, 0.717) is 0 Å². The third-order valence-corrected chi connectivity index (χ3v) is 4.03. The van der Waals surface area contributed by atoms with E-state index in [1.807, 2.05) is 66.7 Å². The third-order valence-electron chi connectivity index (χ3n) is 3.82. The van der Waals surface area contributed by atoms with E-state index in [4.69, 9.17) is 17.0 Å². The number of carbonyl (C=O) groups excluding carboxylic acids is 1. The van der Waals surface area contributed by atoms with Crippen LogP contribution in [0.5, 0.6) is 5.75 Å². The number of anilines is 1. The quantitative estimate of drug-likeness (QED) is 0.534. The van der Waals surface area contributed by atoms with Crippen molar-refractivity contribution in [3.63, 3.8) is 0 Å². The molecule has 0 aliphatic heterocycles. The topological polar surface area (TPSA) is 50.4 Å². The van der Waals surface area contributed by atoms with E-state index < -0.39 is 0 Å². The second-order valence-corrected chi connectivity index (χ2v) is 5.98. The van der Waals surface area contributed by atoms with Gasteiger partial charge in [0.05, 0.1) is 7.11 Å². The van der Waals surface area contributed by atoms with Crippen molar-refractivity contribution in [2.45, 2.75) is 0 Å². The van der Waals surface area contributed by atoms with Crippen LogP contribution in [0.25, 0.3) is 16.8 Å². The largest absolute Gasteiger partial charge is 0.497 e. The monoisotopic (exact) mass is 362 g/mol. The molecule has 0 unspecified atom stereocenters. The van der Waals surface area contributed by atoms with Crippen LogP contribution in [0.4, 0.5) is 5.69 Å². The van der Waals surface area contributed by atoms with Crippen molar-refractivity contribution in [1.82, 2.24) is 5.32 Å². The smallest absolute Gasteiger partial charge is 0.250 e. The molecule has 0 saturated heterocycles. The van der Waals surface area contributed by atoms with Crippen LogP contribution in [-0.4, -0.2) is 18.1 Å². The Bertz CT molecular complexity index is 960. The van der Waals surface area contributed by atoms with Gasteiger partial charge in [-0.2, -0.15) is 0 Å². The maximum Gasteiger partial charge on any atom is 0.250 e. The number of methoxy groups -OCH3 is 1. The van der Waals surface area contributed by atoms with E-state index in [2.05, 4.69) is 10.6 Å². The third kappa shape index (κ3) is 4.46. The van der Waals surface area contributed by atoms with Crippen LogP contribution in [0.15, 0.2) is 72.8 Å². The number of carbonyl (C=O) groups is 1. The van der Waals surface area contributed by atoms with E-state index in [1.54, 1.807) is 13.2 Å². The predicted octanol–water partition coefficient (Wildman–Crippen LogP) is 4.37. The van der Waals surface area contributed by atoms with Crippen molar-refractivity contribution in [3.05, 3.63) is 78.4 Å². The molecule has 0 aliphatic rings. The zero-order chi connectivity index (χ0) is 18.4. The van der Waals surface area contributed by atoms with Gasteiger partial charge in [0.1, 0.15) is 5.75 Å². The molecule has 0 aliphatic carbocycles. The zero-order valence-electron chi connectivity index (χ0n) is 14.2. The highest BCUT2D eigenvalue weighted by Gasteiger charge is 2.03. The number of thiocarbonyl (C=S) groups is 1. The first-order chi connectivity index (χ1) is 12.7.